The van der Waals surface area contributed by atoms with Crippen LogP contribution in [0.2, 0.25) is 0 Å². The van der Waals surface area contributed by atoms with Crippen LogP contribution in [0.3, 0.4) is 0 Å². The Morgan fingerprint density at radius 3 is 2.65 bits per heavy atom. The van der Waals surface area contributed by atoms with Crippen LogP contribution in [-0.2, 0) is 14.3 Å². The number of hydrogen-bond acceptors (Lipinski definition) is 7. The van der Waals surface area contributed by atoms with E-state index in [-0.39, 0.29) is 30.2 Å². The van der Waals surface area contributed by atoms with Gasteiger partial charge in [0.05, 0.1) is 11.8 Å². The van der Waals surface area contributed by atoms with Gasteiger partial charge >= 0.3 is 5.97 Å². The molecule has 190 valence electrons. The molecule has 1 aliphatic heterocycles. The average Bonchev–Trinajstić information content (AvgIpc) is 3.37. The number of hydrogen-bond donors (Lipinski definition) is 1. The van der Waals surface area contributed by atoms with Crippen molar-refractivity contribution in [3.05, 3.63) is 16.6 Å². The van der Waals surface area contributed by atoms with Gasteiger partial charge in [-0.3, -0.25) is 9.59 Å². The van der Waals surface area contributed by atoms with Gasteiger partial charge in [-0.05, 0) is 68.3 Å². The van der Waals surface area contributed by atoms with Gasteiger partial charge in [0, 0.05) is 23.1 Å². The number of fused-ring (bicyclic) bond motifs is 1. The zero-order chi connectivity index (χ0) is 25.0. The summed E-state index contributed by atoms with van der Waals surface area (Å²) in [4.78, 5) is 30.6. The minimum atomic E-state index is -0.688. The van der Waals surface area contributed by atoms with Crippen LogP contribution in [0, 0.1) is 29.1 Å². The van der Waals surface area contributed by atoms with E-state index in [1.807, 2.05) is 45.4 Å². The molecule has 1 saturated heterocycles. The summed E-state index contributed by atoms with van der Waals surface area (Å²) in [5.41, 5.74) is 1.25. The molecule has 2 heterocycles. The fourth-order valence-electron chi connectivity index (χ4n) is 5.20. The van der Waals surface area contributed by atoms with E-state index in [1.54, 1.807) is 23.1 Å². The highest BCUT2D eigenvalue weighted by Crippen LogP contribution is 2.47. The van der Waals surface area contributed by atoms with Gasteiger partial charge in [-0.15, -0.1) is 11.3 Å². The SMILES string of the molecule is CSc1nc(/C=C(\C)[C@@H]2C[C@@H]3C[C@H]3CCC[C@H](C)[C@H](O)[C@@H](C)C(=O)C(C)(C)CCC(=O)O2)cs1. The van der Waals surface area contributed by atoms with Crippen LogP contribution < -0.4 is 0 Å². The number of carbonyl (C=O) groups is 2. The second-order valence-electron chi connectivity index (χ2n) is 11.0. The molecule has 0 spiro atoms. The first-order valence-corrected chi connectivity index (χ1v) is 14.7. The summed E-state index contributed by atoms with van der Waals surface area (Å²) >= 11 is 3.26. The van der Waals surface area contributed by atoms with Crippen molar-refractivity contribution in [3.8, 4) is 0 Å². The number of thioether (sulfide) groups is 1. The number of aliphatic hydroxyl groups excluding tert-OH is 1. The fraction of sp³-hybridized carbons (Fsp3) is 0.741. The van der Waals surface area contributed by atoms with Crippen molar-refractivity contribution in [2.45, 2.75) is 96.1 Å². The van der Waals surface area contributed by atoms with Crippen LogP contribution in [0.4, 0.5) is 0 Å². The zero-order valence-electron chi connectivity index (χ0n) is 21.5. The van der Waals surface area contributed by atoms with Crippen LogP contribution in [0.25, 0.3) is 6.08 Å². The quantitative estimate of drug-likeness (QED) is 0.377. The average molecular weight is 508 g/mol. The number of carbonyl (C=O) groups excluding carboxylic acids is 2. The van der Waals surface area contributed by atoms with Crippen LogP contribution in [0.5, 0.6) is 0 Å². The van der Waals surface area contributed by atoms with E-state index in [4.69, 9.17) is 4.74 Å². The summed E-state index contributed by atoms with van der Waals surface area (Å²) in [6, 6.07) is 0. The predicted molar refractivity (Wildman–Crippen MR) is 140 cm³/mol. The number of ketones is 1. The van der Waals surface area contributed by atoms with E-state index in [2.05, 4.69) is 11.9 Å². The summed E-state index contributed by atoms with van der Waals surface area (Å²) in [6.07, 6.45) is 8.91. The molecule has 1 aromatic rings. The molecule has 0 radical (unpaired) electrons. The molecule has 6 atom stereocenters. The Morgan fingerprint density at radius 1 is 1.24 bits per heavy atom. The van der Waals surface area contributed by atoms with Gasteiger partial charge in [-0.1, -0.05) is 52.3 Å². The third kappa shape index (κ3) is 7.17. The molecule has 1 aromatic heterocycles. The lowest BCUT2D eigenvalue weighted by Crippen LogP contribution is -2.39. The summed E-state index contributed by atoms with van der Waals surface area (Å²) in [5.74, 6) is 0.647. The lowest BCUT2D eigenvalue weighted by Gasteiger charge is -2.31. The first-order chi connectivity index (χ1) is 16.0. The van der Waals surface area contributed by atoms with E-state index in [0.717, 1.165) is 41.3 Å². The number of aliphatic hydroxyl groups is 1. The van der Waals surface area contributed by atoms with Gasteiger partial charge in [-0.2, -0.15) is 0 Å². The monoisotopic (exact) mass is 507 g/mol. The number of nitrogens with zero attached hydrogens (tertiary/aromatic N) is 1. The number of cyclic esters (lactones) is 1. The minimum Gasteiger partial charge on any atom is -0.458 e. The van der Waals surface area contributed by atoms with Crippen molar-refractivity contribution in [2.24, 2.45) is 29.1 Å². The number of rotatable bonds is 3. The van der Waals surface area contributed by atoms with Crippen molar-refractivity contribution in [3.63, 3.8) is 0 Å². The number of esters is 1. The van der Waals surface area contributed by atoms with Crippen LogP contribution >= 0.6 is 23.1 Å². The van der Waals surface area contributed by atoms with E-state index in [9.17, 15) is 14.7 Å². The second kappa shape index (κ2) is 11.7. The lowest BCUT2D eigenvalue weighted by molar-refractivity contribution is -0.149. The molecule has 34 heavy (non-hydrogen) atoms. The van der Waals surface area contributed by atoms with Crippen molar-refractivity contribution in [1.82, 2.24) is 4.98 Å². The molecule has 1 aliphatic carbocycles. The smallest absolute Gasteiger partial charge is 0.306 e. The Morgan fingerprint density at radius 2 is 1.97 bits per heavy atom. The van der Waals surface area contributed by atoms with E-state index >= 15 is 0 Å². The Bertz CT molecular complexity index is 893. The first kappa shape index (κ1) is 27.4. The van der Waals surface area contributed by atoms with Gasteiger partial charge in [0.1, 0.15) is 16.2 Å². The maximum Gasteiger partial charge on any atom is 0.306 e. The molecule has 2 fully saturated rings. The molecule has 0 amide bonds. The molecule has 7 heteroatoms. The van der Waals surface area contributed by atoms with Crippen LogP contribution in [-0.4, -0.2) is 40.3 Å². The van der Waals surface area contributed by atoms with E-state index in [1.165, 1.54) is 6.42 Å². The molecular weight excluding hydrogens is 466 g/mol. The first-order valence-electron chi connectivity index (χ1n) is 12.6. The molecular formula is C27H41NO4S2. The van der Waals surface area contributed by atoms with E-state index < -0.39 is 17.4 Å². The minimum absolute atomic E-state index is 0.0229. The number of Topliss-reactive ketones (excluding diaryl/α,β-unsaturated/α-hetero) is 1. The predicted octanol–water partition coefficient (Wildman–Crippen LogP) is 6.40. The second-order valence-corrected chi connectivity index (χ2v) is 12.9. The largest absolute Gasteiger partial charge is 0.458 e. The van der Waals surface area contributed by atoms with Gasteiger partial charge in [0.15, 0.2) is 0 Å². The summed E-state index contributed by atoms with van der Waals surface area (Å²) in [6.45, 7) is 9.67. The summed E-state index contributed by atoms with van der Waals surface area (Å²) < 4.78 is 7.04. The van der Waals surface area contributed by atoms with Crippen molar-refractivity contribution < 1.29 is 19.4 Å². The molecule has 3 rings (SSSR count). The highest BCUT2D eigenvalue weighted by atomic mass is 32.2. The highest BCUT2D eigenvalue weighted by Gasteiger charge is 2.41. The van der Waals surface area contributed by atoms with E-state index in [0.29, 0.717) is 18.3 Å². The van der Waals surface area contributed by atoms with Crippen molar-refractivity contribution >= 4 is 40.9 Å². The number of thiazole rings is 1. The maximum absolute atomic E-state index is 13.2. The lowest BCUT2D eigenvalue weighted by atomic mass is 9.74. The molecule has 5 nitrogen and oxygen atoms in total. The summed E-state index contributed by atoms with van der Waals surface area (Å²) in [7, 11) is 0. The molecule has 0 bridgehead atoms. The normalized spacial score (nSPS) is 33.8. The molecule has 1 N–H and O–H groups in total. The van der Waals surface area contributed by atoms with Crippen LogP contribution in [0.15, 0.2) is 15.3 Å². The van der Waals surface area contributed by atoms with Gasteiger partial charge in [0.2, 0.25) is 0 Å². The van der Waals surface area contributed by atoms with Gasteiger partial charge < -0.3 is 9.84 Å². The third-order valence-corrected chi connectivity index (χ3v) is 9.66. The van der Waals surface area contributed by atoms with Crippen molar-refractivity contribution in [2.75, 3.05) is 6.26 Å². The number of aromatic nitrogens is 1. The number of ether oxygens (including phenoxy) is 1. The van der Waals surface area contributed by atoms with Crippen LogP contribution in [0.1, 0.15) is 85.3 Å². The Kier molecular flexibility index (Phi) is 9.43. The molecule has 2 aliphatic rings. The highest BCUT2D eigenvalue weighted by molar-refractivity contribution is 8.00. The summed E-state index contributed by atoms with van der Waals surface area (Å²) in [5, 5.41) is 12.8. The Labute approximate surface area is 213 Å². The third-order valence-electron chi connectivity index (χ3n) is 7.78. The van der Waals surface area contributed by atoms with Gasteiger partial charge in [0.25, 0.3) is 0 Å². The maximum atomic E-state index is 13.2. The van der Waals surface area contributed by atoms with Crippen molar-refractivity contribution in [1.29, 1.82) is 0 Å². The Hall–Kier alpha value is -1.18. The molecule has 1 saturated carbocycles. The zero-order valence-corrected chi connectivity index (χ0v) is 23.1. The topological polar surface area (TPSA) is 76.5 Å². The Balaban J connectivity index is 1.77. The van der Waals surface area contributed by atoms with Gasteiger partial charge in [-0.25, -0.2) is 4.98 Å². The molecule has 0 unspecified atom stereocenters. The molecule has 0 aromatic carbocycles. The fourth-order valence-corrected chi connectivity index (χ4v) is 6.43. The standard InChI is InChI=1S/C27H41NO4S2/c1-16-8-7-9-19-13-20(19)14-22(17(2)12-21-15-34-26(28-21)33-6)32-23(29)10-11-27(4,5)25(31)18(3)24(16)30/h12,15-16,18-20,22,24,30H,7-11,13-14H2,1-6H3/b17-12+/t16-,18+,19+,20-,22-,24-/m0/s1.